The van der Waals surface area contributed by atoms with Crippen molar-refractivity contribution in [2.45, 2.75) is 25.6 Å². The van der Waals surface area contributed by atoms with E-state index in [0.717, 1.165) is 11.1 Å². The van der Waals surface area contributed by atoms with E-state index in [0.29, 0.717) is 13.0 Å². The molecule has 2 aromatic rings. The van der Waals surface area contributed by atoms with Crippen molar-refractivity contribution in [2.75, 3.05) is 6.61 Å². The first-order chi connectivity index (χ1) is 8.81. The third-order valence-corrected chi connectivity index (χ3v) is 2.85. The van der Waals surface area contributed by atoms with Crippen molar-refractivity contribution in [1.82, 2.24) is 0 Å². The highest BCUT2D eigenvalue weighted by molar-refractivity contribution is 5.20. The van der Waals surface area contributed by atoms with Gasteiger partial charge in [0.15, 0.2) is 0 Å². The molecule has 0 bridgehead atoms. The van der Waals surface area contributed by atoms with Crippen molar-refractivity contribution < 1.29 is 14.3 Å². The Labute approximate surface area is 107 Å². The third-order valence-electron chi connectivity index (χ3n) is 2.85. The predicted octanol–water partition coefficient (Wildman–Crippen LogP) is 2.96. The molecule has 0 fully saturated rings. The summed E-state index contributed by atoms with van der Waals surface area (Å²) in [4.78, 5) is 0. The molecule has 96 valence electrons. The topological polar surface area (TPSA) is 42.6 Å². The summed E-state index contributed by atoms with van der Waals surface area (Å²) >= 11 is 0. The number of rotatable bonds is 6. The second-order valence-electron chi connectivity index (χ2n) is 4.19. The van der Waals surface area contributed by atoms with Gasteiger partial charge in [0.1, 0.15) is 6.10 Å². The molecule has 0 amide bonds. The van der Waals surface area contributed by atoms with Crippen molar-refractivity contribution in [3.8, 4) is 0 Å². The van der Waals surface area contributed by atoms with Gasteiger partial charge in [-0.25, -0.2) is 0 Å². The maximum Gasteiger partial charge on any atom is 0.109 e. The zero-order valence-electron chi connectivity index (χ0n) is 10.5. The zero-order valence-corrected chi connectivity index (χ0v) is 10.5. The molecule has 0 radical (unpaired) electrons. The summed E-state index contributed by atoms with van der Waals surface area (Å²) in [7, 11) is 0. The van der Waals surface area contributed by atoms with Gasteiger partial charge in [0.2, 0.25) is 0 Å². The third kappa shape index (κ3) is 3.22. The van der Waals surface area contributed by atoms with Crippen molar-refractivity contribution in [3.05, 3.63) is 60.1 Å². The van der Waals surface area contributed by atoms with E-state index in [-0.39, 0.29) is 6.10 Å². The van der Waals surface area contributed by atoms with Crippen LogP contribution in [0.3, 0.4) is 0 Å². The quantitative estimate of drug-likeness (QED) is 0.852. The molecule has 18 heavy (non-hydrogen) atoms. The summed E-state index contributed by atoms with van der Waals surface area (Å²) < 4.78 is 10.7. The van der Waals surface area contributed by atoms with E-state index in [1.54, 1.807) is 12.5 Å². The lowest BCUT2D eigenvalue weighted by Gasteiger charge is -2.23. The maximum absolute atomic E-state index is 10.3. The molecule has 1 N–H and O–H groups in total. The van der Waals surface area contributed by atoms with Crippen LogP contribution < -0.4 is 0 Å². The fourth-order valence-corrected chi connectivity index (χ4v) is 2.01. The van der Waals surface area contributed by atoms with Crippen molar-refractivity contribution in [2.24, 2.45) is 0 Å². The summed E-state index contributed by atoms with van der Waals surface area (Å²) in [5, 5.41) is 10.3. The second kappa shape index (κ2) is 6.38. The Morgan fingerprint density at radius 2 is 2.00 bits per heavy atom. The number of benzene rings is 1. The average molecular weight is 246 g/mol. The predicted molar refractivity (Wildman–Crippen MR) is 69.2 cm³/mol. The lowest BCUT2D eigenvalue weighted by molar-refractivity contribution is -0.0340. The monoisotopic (exact) mass is 246 g/mol. The highest BCUT2D eigenvalue weighted by Gasteiger charge is 2.21. The Balaban J connectivity index is 2.09. The van der Waals surface area contributed by atoms with Gasteiger partial charge in [0.25, 0.3) is 0 Å². The molecule has 2 rings (SSSR count). The Hall–Kier alpha value is -1.58. The highest BCUT2D eigenvalue weighted by Crippen LogP contribution is 2.23. The molecular weight excluding hydrogens is 228 g/mol. The Morgan fingerprint density at radius 3 is 2.61 bits per heavy atom. The van der Waals surface area contributed by atoms with E-state index in [1.807, 2.05) is 43.3 Å². The number of aliphatic hydroxyl groups excluding tert-OH is 1. The average Bonchev–Trinajstić information content (AvgIpc) is 2.89. The number of ether oxygens (including phenoxy) is 1. The van der Waals surface area contributed by atoms with E-state index in [2.05, 4.69) is 0 Å². The summed E-state index contributed by atoms with van der Waals surface area (Å²) in [6.07, 6.45) is 2.91. The van der Waals surface area contributed by atoms with Crippen LogP contribution in [-0.2, 0) is 11.2 Å². The van der Waals surface area contributed by atoms with Crippen molar-refractivity contribution in [1.29, 1.82) is 0 Å². The smallest absolute Gasteiger partial charge is 0.109 e. The van der Waals surface area contributed by atoms with Gasteiger partial charge in [0, 0.05) is 13.0 Å². The molecule has 0 aliphatic heterocycles. The molecule has 1 aromatic heterocycles. The summed E-state index contributed by atoms with van der Waals surface area (Å²) in [6.45, 7) is 2.50. The molecule has 0 aliphatic rings. The van der Waals surface area contributed by atoms with Crippen LogP contribution in [0, 0.1) is 0 Å². The second-order valence-corrected chi connectivity index (χ2v) is 4.19. The molecule has 2 unspecified atom stereocenters. The van der Waals surface area contributed by atoms with Gasteiger partial charge >= 0.3 is 0 Å². The van der Waals surface area contributed by atoms with E-state index in [1.165, 1.54) is 0 Å². The van der Waals surface area contributed by atoms with Crippen LogP contribution in [0.15, 0.2) is 53.3 Å². The molecule has 0 saturated heterocycles. The first kappa shape index (κ1) is 12.9. The van der Waals surface area contributed by atoms with Crippen LogP contribution in [0.2, 0.25) is 0 Å². The molecule has 0 aliphatic carbocycles. The number of furan rings is 1. The van der Waals surface area contributed by atoms with Crippen LogP contribution in [-0.4, -0.2) is 17.8 Å². The first-order valence-electron chi connectivity index (χ1n) is 6.17. The molecule has 3 nitrogen and oxygen atoms in total. The Kier molecular flexibility index (Phi) is 4.56. The molecule has 3 heteroatoms. The van der Waals surface area contributed by atoms with Gasteiger partial charge < -0.3 is 14.3 Å². The van der Waals surface area contributed by atoms with E-state index < -0.39 is 6.10 Å². The van der Waals surface area contributed by atoms with Gasteiger partial charge in [-0.15, -0.1) is 0 Å². The Morgan fingerprint density at radius 1 is 1.22 bits per heavy atom. The lowest BCUT2D eigenvalue weighted by atomic mass is 9.99. The van der Waals surface area contributed by atoms with Crippen LogP contribution in [0.1, 0.15) is 24.2 Å². The molecular formula is C15H18O3. The number of aliphatic hydroxyl groups is 1. The zero-order chi connectivity index (χ0) is 12.8. The van der Waals surface area contributed by atoms with E-state index >= 15 is 0 Å². The first-order valence-corrected chi connectivity index (χ1v) is 6.17. The van der Waals surface area contributed by atoms with Crippen LogP contribution in [0.5, 0.6) is 0 Å². The van der Waals surface area contributed by atoms with Gasteiger partial charge in [-0.2, -0.15) is 0 Å². The fraction of sp³-hybridized carbons (Fsp3) is 0.333. The summed E-state index contributed by atoms with van der Waals surface area (Å²) in [5.74, 6) is 0. The molecule has 2 atom stereocenters. The number of hydrogen-bond donors (Lipinski definition) is 1. The normalized spacial score (nSPS) is 14.3. The molecule has 0 spiro atoms. The van der Waals surface area contributed by atoms with E-state index in [4.69, 9.17) is 9.15 Å². The molecule has 1 aromatic carbocycles. The van der Waals surface area contributed by atoms with Crippen LogP contribution in [0.4, 0.5) is 0 Å². The van der Waals surface area contributed by atoms with Crippen LogP contribution in [0.25, 0.3) is 0 Å². The SMILES string of the molecule is CCOC(c1ccccc1)C(O)Cc1ccoc1. The Bertz CT molecular complexity index is 436. The van der Waals surface area contributed by atoms with Crippen LogP contribution >= 0.6 is 0 Å². The maximum atomic E-state index is 10.3. The summed E-state index contributed by atoms with van der Waals surface area (Å²) in [5.41, 5.74) is 1.97. The van der Waals surface area contributed by atoms with Crippen molar-refractivity contribution in [3.63, 3.8) is 0 Å². The minimum absolute atomic E-state index is 0.300. The fourth-order valence-electron chi connectivity index (χ4n) is 2.01. The van der Waals surface area contributed by atoms with Crippen molar-refractivity contribution >= 4 is 0 Å². The lowest BCUT2D eigenvalue weighted by Crippen LogP contribution is -2.23. The minimum atomic E-state index is -0.579. The molecule has 0 saturated carbocycles. The summed E-state index contributed by atoms with van der Waals surface area (Å²) in [6, 6.07) is 11.7. The van der Waals surface area contributed by atoms with Gasteiger partial charge in [-0.05, 0) is 24.1 Å². The van der Waals surface area contributed by atoms with Gasteiger partial charge in [-0.3, -0.25) is 0 Å². The largest absolute Gasteiger partial charge is 0.472 e. The van der Waals surface area contributed by atoms with Gasteiger partial charge in [0.05, 0.1) is 18.6 Å². The minimum Gasteiger partial charge on any atom is -0.472 e. The van der Waals surface area contributed by atoms with Gasteiger partial charge in [-0.1, -0.05) is 30.3 Å². The van der Waals surface area contributed by atoms with E-state index in [9.17, 15) is 5.11 Å². The highest BCUT2D eigenvalue weighted by atomic mass is 16.5. The number of hydrogen-bond acceptors (Lipinski definition) is 3. The molecule has 1 heterocycles. The standard InChI is InChI=1S/C15H18O3/c1-2-18-15(13-6-4-3-5-7-13)14(16)10-12-8-9-17-11-12/h3-9,11,14-16H,2,10H2,1H3.